The van der Waals surface area contributed by atoms with Crippen molar-refractivity contribution in [2.24, 2.45) is 0 Å². The molecule has 32 heavy (non-hydrogen) atoms. The summed E-state index contributed by atoms with van der Waals surface area (Å²) in [6.45, 7) is 8.02. The van der Waals surface area contributed by atoms with E-state index >= 15 is 0 Å². The third kappa shape index (κ3) is 4.71. The van der Waals surface area contributed by atoms with Gasteiger partial charge in [-0.2, -0.15) is 0 Å². The topological polar surface area (TPSA) is 82.2 Å². The van der Waals surface area contributed by atoms with Crippen molar-refractivity contribution in [2.75, 3.05) is 32.7 Å². The first-order valence-electron chi connectivity index (χ1n) is 10.9. The fourth-order valence-corrected chi connectivity index (χ4v) is 4.78. The van der Waals surface area contributed by atoms with Gasteiger partial charge in [0.1, 0.15) is 15.9 Å². The van der Waals surface area contributed by atoms with Crippen LogP contribution in [0.4, 0.5) is 0 Å². The van der Waals surface area contributed by atoms with Crippen LogP contribution >= 0.6 is 11.3 Å². The van der Waals surface area contributed by atoms with E-state index in [0.29, 0.717) is 40.4 Å². The normalized spacial score (nSPS) is 15.7. The highest BCUT2D eigenvalue weighted by atomic mass is 32.1. The summed E-state index contributed by atoms with van der Waals surface area (Å²) in [5.74, 6) is 0.304. The molecular weight excluding hydrogens is 422 g/mol. The zero-order valence-electron chi connectivity index (χ0n) is 18.4. The van der Waals surface area contributed by atoms with Gasteiger partial charge in [-0.25, -0.2) is 4.98 Å². The smallest absolute Gasteiger partial charge is 0.269 e. The van der Waals surface area contributed by atoms with Gasteiger partial charge in [0.05, 0.1) is 5.56 Å². The van der Waals surface area contributed by atoms with Crippen LogP contribution in [0.25, 0.3) is 21.7 Å². The van der Waals surface area contributed by atoms with E-state index in [2.05, 4.69) is 45.0 Å². The fourth-order valence-electron chi connectivity index (χ4n) is 3.90. The number of carbonyl (C=O) groups is 1. The second-order valence-electron chi connectivity index (χ2n) is 7.71. The minimum atomic E-state index is -0.247. The molecule has 1 aliphatic heterocycles. The van der Waals surface area contributed by atoms with Crippen LogP contribution in [0.3, 0.4) is 0 Å². The quantitative estimate of drug-likeness (QED) is 0.580. The Hall–Kier alpha value is -3.10. The highest BCUT2D eigenvalue weighted by Crippen LogP contribution is 2.25. The standard InChI is InChI=1S/C24H27N5O2S/c1-3-7-17(8-4-2)15-28-11-13-29(14-12-28)24(31)18-16-32-21-20(18)26-22(27-23(21)30)19-9-5-6-10-25-19/h3,5-10,16H,4,11-15H2,1-2H3,(H,26,27,30)/b7-3-,17-8+. The molecule has 0 atom stereocenters. The Morgan fingerprint density at radius 1 is 1.25 bits per heavy atom. The van der Waals surface area contributed by atoms with E-state index in [1.54, 1.807) is 23.7 Å². The number of thiophene rings is 1. The van der Waals surface area contributed by atoms with E-state index in [4.69, 9.17) is 0 Å². The van der Waals surface area contributed by atoms with Crippen LogP contribution in [-0.2, 0) is 0 Å². The second-order valence-corrected chi connectivity index (χ2v) is 8.59. The molecule has 0 unspecified atom stereocenters. The average Bonchev–Trinajstić information content (AvgIpc) is 3.25. The molecule has 1 aliphatic rings. The van der Waals surface area contributed by atoms with Crippen LogP contribution < -0.4 is 5.56 Å². The number of aromatic nitrogens is 3. The van der Waals surface area contributed by atoms with E-state index < -0.39 is 0 Å². The molecule has 4 rings (SSSR count). The SMILES string of the molecule is C/C=C\C(=C/CC)CN1CCN(C(=O)c2csc3c(=O)[nH]c(-c4ccccn4)nc23)CC1. The van der Waals surface area contributed by atoms with E-state index in [9.17, 15) is 9.59 Å². The third-order valence-electron chi connectivity index (χ3n) is 5.48. The molecule has 0 saturated carbocycles. The molecule has 3 aromatic heterocycles. The molecule has 0 bridgehead atoms. The molecule has 0 spiro atoms. The number of rotatable bonds is 6. The van der Waals surface area contributed by atoms with Gasteiger partial charge < -0.3 is 9.88 Å². The Bertz CT molecular complexity index is 1200. The first kappa shape index (κ1) is 22.1. The molecule has 0 aromatic carbocycles. The lowest BCUT2D eigenvalue weighted by atomic mass is 10.1. The third-order valence-corrected chi connectivity index (χ3v) is 6.45. The molecule has 3 aromatic rings. The van der Waals surface area contributed by atoms with Crippen molar-refractivity contribution in [1.29, 1.82) is 0 Å². The number of piperazine rings is 1. The average molecular weight is 450 g/mol. The highest BCUT2D eigenvalue weighted by Gasteiger charge is 2.25. The molecule has 0 aliphatic carbocycles. The zero-order chi connectivity index (χ0) is 22.5. The van der Waals surface area contributed by atoms with E-state index in [1.807, 2.05) is 17.9 Å². The Morgan fingerprint density at radius 2 is 2.06 bits per heavy atom. The lowest BCUT2D eigenvalue weighted by Crippen LogP contribution is -2.49. The molecule has 4 heterocycles. The number of hydrogen-bond acceptors (Lipinski definition) is 6. The number of hydrogen-bond donors (Lipinski definition) is 1. The number of fused-ring (bicyclic) bond motifs is 1. The Kier molecular flexibility index (Phi) is 6.92. The van der Waals surface area contributed by atoms with Crippen molar-refractivity contribution < 1.29 is 4.79 Å². The van der Waals surface area contributed by atoms with Gasteiger partial charge in [-0.1, -0.05) is 31.2 Å². The number of H-pyrrole nitrogens is 1. The predicted octanol–water partition coefficient (Wildman–Crippen LogP) is 3.72. The first-order valence-corrected chi connectivity index (χ1v) is 11.7. The van der Waals surface area contributed by atoms with Gasteiger partial charge in [0, 0.05) is 44.3 Å². The number of nitrogens with one attached hydrogen (secondary N) is 1. The van der Waals surface area contributed by atoms with Crippen LogP contribution in [0, 0.1) is 0 Å². The van der Waals surface area contributed by atoms with Crippen molar-refractivity contribution >= 4 is 27.5 Å². The van der Waals surface area contributed by atoms with Crippen molar-refractivity contribution in [1.82, 2.24) is 24.8 Å². The highest BCUT2D eigenvalue weighted by molar-refractivity contribution is 7.17. The van der Waals surface area contributed by atoms with Crippen LogP contribution in [0.2, 0.25) is 0 Å². The largest absolute Gasteiger partial charge is 0.336 e. The summed E-state index contributed by atoms with van der Waals surface area (Å²) in [7, 11) is 0. The van der Waals surface area contributed by atoms with Crippen molar-refractivity contribution in [3.8, 4) is 11.5 Å². The number of carbonyl (C=O) groups excluding carboxylic acids is 1. The lowest BCUT2D eigenvalue weighted by molar-refractivity contribution is 0.0650. The summed E-state index contributed by atoms with van der Waals surface area (Å²) >= 11 is 1.26. The molecule has 8 heteroatoms. The summed E-state index contributed by atoms with van der Waals surface area (Å²) in [6, 6.07) is 5.42. The molecule has 1 saturated heterocycles. The van der Waals surface area contributed by atoms with Gasteiger partial charge >= 0.3 is 0 Å². The molecule has 1 N–H and O–H groups in total. The second kappa shape index (κ2) is 10.0. The van der Waals surface area contributed by atoms with E-state index in [1.165, 1.54) is 16.9 Å². The fraction of sp³-hybridized carbons (Fsp3) is 0.333. The number of allylic oxidation sites excluding steroid dienone is 2. The maximum atomic E-state index is 13.3. The van der Waals surface area contributed by atoms with Crippen LogP contribution in [0.1, 0.15) is 30.6 Å². The minimum Gasteiger partial charge on any atom is -0.336 e. The molecule has 1 amide bonds. The molecule has 0 radical (unpaired) electrons. The van der Waals surface area contributed by atoms with Gasteiger partial charge in [-0.3, -0.25) is 19.5 Å². The molecule has 1 fully saturated rings. The van der Waals surface area contributed by atoms with Gasteiger partial charge in [-0.15, -0.1) is 11.3 Å². The van der Waals surface area contributed by atoms with Crippen LogP contribution in [0.15, 0.2) is 58.4 Å². The van der Waals surface area contributed by atoms with Crippen molar-refractivity contribution in [2.45, 2.75) is 20.3 Å². The Morgan fingerprint density at radius 3 is 2.75 bits per heavy atom. The van der Waals surface area contributed by atoms with Gasteiger partial charge in [-0.05, 0) is 31.1 Å². The molecule has 7 nitrogen and oxygen atoms in total. The number of aromatic amines is 1. The summed E-state index contributed by atoms with van der Waals surface area (Å²) in [5, 5.41) is 1.75. The minimum absolute atomic E-state index is 0.0706. The maximum Gasteiger partial charge on any atom is 0.269 e. The predicted molar refractivity (Wildman–Crippen MR) is 129 cm³/mol. The first-order chi connectivity index (χ1) is 15.6. The molecule has 166 valence electrons. The Labute approximate surface area is 191 Å². The van der Waals surface area contributed by atoms with E-state index in [0.717, 1.165) is 26.1 Å². The van der Waals surface area contributed by atoms with Gasteiger partial charge in [0.25, 0.3) is 11.5 Å². The lowest BCUT2D eigenvalue weighted by Gasteiger charge is -2.34. The summed E-state index contributed by atoms with van der Waals surface area (Å²) < 4.78 is 0.465. The zero-order valence-corrected chi connectivity index (χ0v) is 19.2. The van der Waals surface area contributed by atoms with Gasteiger partial charge in [0.2, 0.25) is 0 Å². The van der Waals surface area contributed by atoms with Gasteiger partial charge in [0.15, 0.2) is 5.82 Å². The summed E-state index contributed by atoms with van der Waals surface area (Å²) in [6.07, 6.45) is 9.13. The number of pyridine rings is 1. The number of nitrogens with zero attached hydrogens (tertiary/aromatic N) is 4. The van der Waals surface area contributed by atoms with Crippen molar-refractivity contribution in [3.05, 3.63) is 69.5 Å². The Balaban J connectivity index is 1.52. The maximum absolute atomic E-state index is 13.3. The molecular formula is C24H27N5O2S. The van der Waals surface area contributed by atoms with Crippen molar-refractivity contribution in [3.63, 3.8) is 0 Å². The summed E-state index contributed by atoms with van der Waals surface area (Å²) in [4.78, 5) is 41.8. The summed E-state index contributed by atoms with van der Waals surface area (Å²) in [5.41, 5.74) is 2.57. The van der Waals surface area contributed by atoms with E-state index in [-0.39, 0.29) is 11.5 Å². The monoisotopic (exact) mass is 449 g/mol. The van der Waals surface area contributed by atoms with Crippen LogP contribution in [-0.4, -0.2) is 63.4 Å². The van der Waals surface area contributed by atoms with Crippen LogP contribution in [0.5, 0.6) is 0 Å². The number of amides is 1.